The number of hydrogen-bond donors (Lipinski definition) is 2. The number of aryl methyl sites for hydroxylation is 1. The molecule has 5 aliphatic rings. The highest BCUT2D eigenvalue weighted by molar-refractivity contribution is 6.31. The molecule has 370 valence electrons. The molecule has 0 spiro atoms. The summed E-state index contributed by atoms with van der Waals surface area (Å²) in [5, 5.41) is 18.0. The number of rotatable bonds is 16. The van der Waals surface area contributed by atoms with Crippen LogP contribution in [0.1, 0.15) is 120 Å². The highest BCUT2D eigenvalue weighted by Gasteiger charge is 2.55. The Morgan fingerprint density at radius 2 is 1.62 bits per heavy atom. The van der Waals surface area contributed by atoms with Crippen LogP contribution in [0, 0.1) is 0 Å². The minimum absolute atomic E-state index is 0.0436. The predicted molar refractivity (Wildman–Crippen MR) is 264 cm³/mol. The van der Waals surface area contributed by atoms with Crippen LogP contribution in [0.5, 0.6) is 5.75 Å². The van der Waals surface area contributed by atoms with Crippen LogP contribution in [0.2, 0.25) is 0 Å². The van der Waals surface area contributed by atoms with Crippen LogP contribution in [0.15, 0.2) is 72.9 Å². The smallest absolute Gasteiger partial charge is 0.266 e. The molecule has 7 aromatic rings. The molecule has 4 aromatic carbocycles. The number of amides is 6. The lowest BCUT2D eigenvalue weighted by atomic mass is 9.91. The first-order valence-corrected chi connectivity index (χ1v) is 25.1. The Labute approximate surface area is 413 Å². The van der Waals surface area contributed by atoms with Crippen molar-refractivity contribution in [1.82, 2.24) is 44.6 Å². The molecule has 72 heavy (non-hydrogen) atoms. The van der Waals surface area contributed by atoms with Crippen LogP contribution >= 0.6 is 0 Å². The number of para-hydroxylation sites is 2. The Bertz CT molecular complexity index is 3450. The molecule has 5 aliphatic heterocycles. The average molecular weight is 974 g/mol. The van der Waals surface area contributed by atoms with Gasteiger partial charge in [0.1, 0.15) is 30.7 Å². The van der Waals surface area contributed by atoms with E-state index in [4.69, 9.17) is 14.2 Å². The zero-order valence-corrected chi connectivity index (χ0v) is 40.4. The van der Waals surface area contributed by atoms with Gasteiger partial charge in [0, 0.05) is 67.7 Å². The summed E-state index contributed by atoms with van der Waals surface area (Å²) in [6.07, 6.45) is 8.47. The molecule has 18 heteroatoms. The van der Waals surface area contributed by atoms with Crippen molar-refractivity contribution in [3.05, 3.63) is 101 Å². The lowest BCUT2D eigenvalue weighted by molar-refractivity contribution is -0.266. The predicted octanol–water partition coefficient (Wildman–Crippen LogP) is 6.64. The number of carbonyl (C=O) groups is 6. The fourth-order valence-electron chi connectivity index (χ4n) is 12.5. The van der Waals surface area contributed by atoms with E-state index >= 15 is 0 Å². The molecule has 5 atom stereocenters. The molecular formula is C54H55N9O9. The Morgan fingerprint density at radius 1 is 0.875 bits per heavy atom. The quantitative estimate of drug-likeness (QED) is 0.0777. The summed E-state index contributed by atoms with van der Waals surface area (Å²) >= 11 is 0. The van der Waals surface area contributed by atoms with E-state index in [0.29, 0.717) is 25.9 Å². The van der Waals surface area contributed by atoms with Crippen molar-refractivity contribution < 1.29 is 43.0 Å². The molecule has 2 saturated heterocycles. The third-order valence-electron chi connectivity index (χ3n) is 15.8. The van der Waals surface area contributed by atoms with Gasteiger partial charge >= 0.3 is 0 Å². The van der Waals surface area contributed by atoms with Gasteiger partial charge in [-0.2, -0.15) is 0 Å². The molecule has 6 amide bonds. The van der Waals surface area contributed by atoms with Crippen molar-refractivity contribution in [1.29, 1.82) is 0 Å². The third kappa shape index (κ3) is 7.04. The molecule has 2 fully saturated rings. The van der Waals surface area contributed by atoms with E-state index in [1.54, 1.807) is 23.9 Å². The molecule has 2 bridgehead atoms. The van der Waals surface area contributed by atoms with E-state index in [0.717, 1.165) is 110 Å². The summed E-state index contributed by atoms with van der Waals surface area (Å²) in [6, 6.07) is 20.0. The summed E-state index contributed by atoms with van der Waals surface area (Å²) in [6.45, 7) is 3.07. The van der Waals surface area contributed by atoms with Crippen molar-refractivity contribution in [2.75, 3.05) is 20.8 Å². The number of likely N-dealkylation sites (N-methyl/N-ethyl adjacent to an activating group) is 1. The molecule has 18 nitrogen and oxygen atoms in total. The maximum absolute atomic E-state index is 14.2. The number of hydrogen-bond acceptors (Lipinski definition) is 11. The molecule has 0 saturated carbocycles. The Balaban J connectivity index is 0.648. The van der Waals surface area contributed by atoms with Crippen LogP contribution in [0.3, 0.4) is 0 Å². The number of nitrogens with zero attached hydrogens (tertiary/aromatic N) is 7. The molecule has 3 aromatic heterocycles. The van der Waals surface area contributed by atoms with E-state index in [-0.39, 0.29) is 54.2 Å². The second-order valence-electron chi connectivity index (χ2n) is 19.9. The van der Waals surface area contributed by atoms with Gasteiger partial charge in [-0.3, -0.25) is 39.0 Å². The van der Waals surface area contributed by atoms with Gasteiger partial charge in [-0.1, -0.05) is 73.4 Å². The number of carbonyl (C=O) groups excluding carboxylic acids is 6. The van der Waals surface area contributed by atoms with Crippen molar-refractivity contribution in [2.24, 2.45) is 0 Å². The van der Waals surface area contributed by atoms with Crippen molar-refractivity contribution in [3.8, 4) is 5.75 Å². The molecule has 12 rings (SSSR count). The summed E-state index contributed by atoms with van der Waals surface area (Å²) in [5.74, 6) is -2.05. The van der Waals surface area contributed by atoms with Crippen molar-refractivity contribution >= 4 is 79.1 Å². The van der Waals surface area contributed by atoms with E-state index in [1.165, 1.54) is 6.07 Å². The summed E-state index contributed by atoms with van der Waals surface area (Å²) in [5.41, 5.74) is 5.82. The molecule has 2 N–H and O–H groups in total. The normalized spacial score (nSPS) is 22.3. The van der Waals surface area contributed by atoms with Crippen molar-refractivity contribution in [3.63, 3.8) is 0 Å². The number of piperidine rings is 1. The molecule has 1 unspecified atom stereocenters. The third-order valence-corrected chi connectivity index (χ3v) is 15.8. The maximum atomic E-state index is 14.2. The molecular weight excluding hydrogens is 919 g/mol. The van der Waals surface area contributed by atoms with Crippen LogP contribution < -0.4 is 15.4 Å². The minimum Gasteiger partial charge on any atom is -0.491 e. The number of aromatic nitrogens is 5. The number of ether oxygens (including phenoxy) is 3. The monoisotopic (exact) mass is 973 g/mol. The van der Waals surface area contributed by atoms with Crippen molar-refractivity contribution in [2.45, 2.75) is 121 Å². The van der Waals surface area contributed by atoms with Gasteiger partial charge < -0.3 is 33.6 Å². The van der Waals surface area contributed by atoms with Crippen LogP contribution in [0.25, 0.3) is 43.6 Å². The fourth-order valence-corrected chi connectivity index (χ4v) is 12.5. The first-order chi connectivity index (χ1) is 35.0. The highest BCUT2D eigenvalue weighted by Crippen LogP contribution is 2.54. The number of nitrogens with one attached hydrogen (secondary N) is 2. The van der Waals surface area contributed by atoms with Gasteiger partial charge in [0.2, 0.25) is 17.7 Å². The lowest BCUT2D eigenvalue weighted by Gasteiger charge is -2.50. The Kier molecular flexibility index (Phi) is 11.2. The fraction of sp³-hybridized carbons (Fsp3) is 0.407. The molecule has 8 heterocycles. The van der Waals surface area contributed by atoms with Gasteiger partial charge in [0.15, 0.2) is 5.72 Å². The Hall–Kier alpha value is -7.44. The van der Waals surface area contributed by atoms with Gasteiger partial charge in [0.25, 0.3) is 17.7 Å². The first-order valence-electron chi connectivity index (χ1n) is 25.1. The molecule has 0 aliphatic carbocycles. The minimum atomic E-state index is -1.05. The number of imide groups is 2. The van der Waals surface area contributed by atoms with E-state index in [9.17, 15) is 28.8 Å². The van der Waals surface area contributed by atoms with Gasteiger partial charge in [-0.15, -0.1) is 5.10 Å². The average Bonchev–Trinajstić information content (AvgIpc) is 4.19. The van der Waals surface area contributed by atoms with Gasteiger partial charge in [-0.25, -0.2) is 4.68 Å². The summed E-state index contributed by atoms with van der Waals surface area (Å²) < 4.78 is 26.0. The number of methoxy groups -OCH3 is 1. The maximum Gasteiger partial charge on any atom is 0.266 e. The van der Waals surface area contributed by atoms with Crippen LogP contribution in [-0.4, -0.2) is 108 Å². The zero-order chi connectivity index (χ0) is 49.6. The van der Waals surface area contributed by atoms with Crippen LogP contribution in [-0.2, 0) is 49.1 Å². The topological polar surface area (TPSA) is 201 Å². The summed E-state index contributed by atoms with van der Waals surface area (Å²) in [4.78, 5) is 81.5. The van der Waals surface area contributed by atoms with Gasteiger partial charge in [0.05, 0.1) is 57.0 Å². The Morgan fingerprint density at radius 3 is 2.42 bits per heavy atom. The second kappa shape index (κ2) is 17.7. The first kappa shape index (κ1) is 45.7. The number of fused-ring (bicyclic) bond motifs is 14. The second-order valence-corrected chi connectivity index (χ2v) is 19.9. The van der Waals surface area contributed by atoms with E-state index < -0.39 is 47.7 Å². The largest absolute Gasteiger partial charge is 0.491 e. The summed E-state index contributed by atoms with van der Waals surface area (Å²) in [7, 11) is 3.62. The zero-order valence-electron chi connectivity index (χ0n) is 40.4. The van der Waals surface area contributed by atoms with Crippen LogP contribution in [0.4, 0.5) is 0 Å². The van der Waals surface area contributed by atoms with E-state index in [2.05, 4.69) is 61.3 Å². The van der Waals surface area contributed by atoms with E-state index in [1.807, 2.05) is 42.4 Å². The number of unbranched alkanes of at least 4 members (excludes halogenated alkanes) is 5. The van der Waals surface area contributed by atoms with Gasteiger partial charge in [-0.05, 0) is 62.4 Å². The standard InChI is InChI=1S/C54H55N9O9/c1-54-49(70-3)38(27-42(72-54)61-35-19-12-10-16-31(35)45-46-34(28-55-51(46)67)43-32-17-11-13-20-36(32)63(54)48(43)47(45)61)59(2)41(65)22-9-7-5-4-6-8-15-30-29-60(58-57-30)25-26-71-39-21-14-18-33-44(39)53(69)62(52(33)68)37-23-24-40(64)56-50(37)66/h10-14,16-21,29,37-38,42,49H,4-9,15,22-28H2,1-3H3,(H,55,67)(H,56,64,66)/t37?,38-,42-,49-,54+/m1/s1. The molecule has 0 radical (unpaired) electrons. The number of benzene rings is 4. The SMILES string of the molecule is CO[C@@H]1[C@H](N(C)C(=O)CCCCCCCCc2cn(CCOc3cccc4c3C(=O)N(C3CCC(=O)NC3=O)C4=O)nn2)C[C@H]2O[C@]1(C)n1c3ccccc3c3c4c(c5c6ccccc6n2c5c31)C(=O)NC4. The highest BCUT2D eigenvalue weighted by atomic mass is 16.6. The lowest BCUT2D eigenvalue weighted by Crippen LogP contribution is -2.61.